The van der Waals surface area contributed by atoms with E-state index in [1.54, 1.807) is 0 Å². The van der Waals surface area contributed by atoms with E-state index in [2.05, 4.69) is 74.6 Å². The van der Waals surface area contributed by atoms with Crippen LogP contribution in [0.2, 0.25) is 0 Å². The van der Waals surface area contributed by atoms with Crippen molar-refractivity contribution in [2.24, 2.45) is 0 Å². The van der Waals surface area contributed by atoms with Crippen molar-refractivity contribution >= 4 is 11.8 Å². The Hall–Kier alpha value is -1.25. The highest BCUT2D eigenvalue weighted by molar-refractivity contribution is 7.99. The minimum atomic E-state index is 0.409. The third-order valence-corrected chi connectivity index (χ3v) is 4.66. The molecule has 1 nitrogen and oxygen atoms in total. The maximum Gasteiger partial charge on any atom is 0.0415 e. The zero-order valence-electron chi connectivity index (χ0n) is 12.5. The van der Waals surface area contributed by atoms with Gasteiger partial charge in [-0.2, -0.15) is 0 Å². The molecule has 1 atom stereocenters. The van der Waals surface area contributed by atoms with Crippen LogP contribution >= 0.6 is 11.8 Å². The molecule has 0 saturated heterocycles. The number of thioether (sulfide) groups is 1. The Morgan fingerprint density at radius 3 is 2.45 bits per heavy atom. The Labute approximate surface area is 126 Å². The third kappa shape index (κ3) is 4.12. The summed E-state index contributed by atoms with van der Waals surface area (Å²) in [5.41, 5.74) is 4.07. The summed E-state index contributed by atoms with van der Waals surface area (Å²) in [4.78, 5) is 1.38. The molecule has 2 aromatic rings. The van der Waals surface area contributed by atoms with Crippen molar-refractivity contribution in [1.29, 1.82) is 0 Å². The zero-order valence-corrected chi connectivity index (χ0v) is 13.3. The van der Waals surface area contributed by atoms with Crippen LogP contribution in [0.1, 0.15) is 29.7 Å². The van der Waals surface area contributed by atoms with E-state index < -0.39 is 0 Å². The molecule has 1 N–H and O–H groups in total. The average Bonchev–Trinajstić information content (AvgIpc) is 2.46. The van der Waals surface area contributed by atoms with E-state index in [-0.39, 0.29) is 0 Å². The first-order valence-corrected chi connectivity index (χ1v) is 8.17. The first-order valence-electron chi connectivity index (χ1n) is 7.19. The Morgan fingerprint density at radius 1 is 1.05 bits per heavy atom. The van der Waals surface area contributed by atoms with Gasteiger partial charge in [-0.25, -0.2) is 0 Å². The maximum atomic E-state index is 3.58. The average molecular weight is 285 g/mol. The number of benzene rings is 2. The Bertz CT molecular complexity index is 536. The van der Waals surface area contributed by atoms with Crippen LogP contribution in [-0.2, 0) is 0 Å². The smallest absolute Gasteiger partial charge is 0.0415 e. The van der Waals surface area contributed by atoms with Gasteiger partial charge >= 0.3 is 0 Å². The molecule has 0 heterocycles. The molecule has 1 unspecified atom stereocenters. The summed E-state index contributed by atoms with van der Waals surface area (Å²) < 4.78 is 0. The molecule has 2 rings (SSSR count). The Kier molecular flexibility index (Phi) is 5.69. The number of aryl methyl sites for hydroxylation is 2. The van der Waals surface area contributed by atoms with E-state index in [0.29, 0.717) is 6.04 Å². The van der Waals surface area contributed by atoms with Crippen molar-refractivity contribution in [3.8, 4) is 0 Å². The molecule has 0 saturated carbocycles. The number of rotatable bonds is 6. The second-order valence-corrected chi connectivity index (χ2v) is 6.16. The van der Waals surface area contributed by atoms with Crippen molar-refractivity contribution in [2.75, 3.05) is 12.3 Å². The van der Waals surface area contributed by atoms with Crippen LogP contribution in [0.4, 0.5) is 0 Å². The predicted octanol–water partition coefficient (Wildman–Crippen LogP) is 4.75. The minimum absolute atomic E-state index is 0.409. The monoisotopic (exact) mass is 285 g/mol. The molecule has 20 heavy (non-hydrogen) atoms. The second kappa shape index (κ2) is 7.51. The lowest BCUT2D eigenvalue weighted by molar-refractivity contribution is 0.606. The van der Waals surface area contributed by atoms with Gasteiger partial charge in [0.15, 0.2) is 0 Å². The summed E-state index contributed by atoms with van der Waals surface area (Å²) in [6, 6.07) is 17.8. The van der Waals surface area contributed by atoms with E-state index in [1.807, 2.05) is 11.8 Å². The minimum Gasteiger partial charge on any atom is -0.309 e. The Morgan fingerprint density at radius 2 is 1.80 bits per heavy atom. The fourth-order valence-corrected chi connectivity index (χ4v) is 3.45. The van der Waals surface area contributed by atoms with E-state index in [4.69, 9.17) is 0 Å². The van der Waals surface area contributed by atoms with E-state index in [0.717, 1.165) is 12.3 Å². The van der Waals surface area contributed by atoms with Gasteiger partial charge in [-0.3, -0.25) is 0 Å². The molecule has 0 aromatic heterocycles. The van der Waals surface area contributed by atoms with Crippen LogP contribution in [0, 0.1) is 13.8 Å². The summed E-state index contributed by atoms with van der Waals surface area (Å²) in [6.45, 7) is 7.50. The first-order chi connectivity index (χ1) is 9.70. The van der Waals surface area contributed by atoms with Gasteiger partial charge < -0.3 is 5.32 Å². The maximum absolute atomic E-state index is 3.58. The number of hydrogen-bond acceptors (Lipinski definition) is 2. The lowest BCUT2D eigenvalue weighted by Gasteiger charge is -2.18. The largest absolute Gasteiger partial charge is 0.309 e. The predicted molar refractivity (Wildman–Crippen MR) is 89.5 cm³/mol. The molecular formula is C18H23NS. The molecule has 0 spiro atoms. The molecule has 0 aliphatic heterocycles. The standard InChI is InChI=1S/C18H23NS/c1-4-19-17(16-8-6-5-7-9-16)13-20-18-11-10-14(2)12-15(18)3/h5-12,17,19H,4,13H2,1-3H3. The van der Waals surface area contributed by atoms with Gasteiger partial charge in [-0.15, -0.1) is 11.8 Å². The molecule has 0 radical (unpaired) electrons. The molecule has 0 bridgehead atoms. The van der Waals surface area contributed by atoms with Crippen LogP contribution in [0.25, 0.3) is 0 Å². The summed E-state index contributed by atoms with van der Waals surface area (Å²) in [6.07, 6.45) is 0. The van der Waals surface area contributed by atoms with Crippen LogP contribution in [0.5, 0.6) is 0 Å². The van der Waals surface area contributed by atoms with Gasteiger partial charge in [0.05, 0.1) is 0 Å². The topological polar surface area (TPSA) is 12.0 Å². The molecular weight excluding hydrogens is 262 g/mol. The second-order valence-electron chi connectivity index (χ2n) is 5.10. The van der Waals surface area contributed by atoms with Gasteiger partial charge in [0, 0.05) is 16.7 Å². The molecule has 106 valence electrons. The summed E-state index contributed by atoms with van der Waals surface area (Å²) in [7, 11) is 0. The highest BCUT2D eigenvalue weighted by atomic mass is 32.2. The van der Waals surface area contributed by atoms with Crippen molar-refractivity contribution in [3.05, 3.63) is 65.2 Å². The Balaban J connectivity index is 2.06. The van der Waals surface area contributed by atoms with Crippen molar-refractivity contribution in [2.45, 2.75) is 31.7 Å². The van der Waals surface area contributed by atoms with Crippen LogP contribution in [0.15, 0.2) is 53.4 Å². The van der Waals surface area contributed by atoms with Crippen LogP contribution in [-0.4, -0.2) is 12.3 Å². The van der Waals surface area contributed by atoms with Crippen molar-refractivity contribution in [1.82, 2.24) is 5.32 Å². The fourth-order valence-electron chi connectivity index (χ4n) is 2.34. The van der Waals surface area contributed by atoms with Crippen LogP contribution in [0.3, 0.4) is 0 Å². The van der Waals surface area contributed by atoms with Gasteiger partial charge in [-0.1, -0.05) is 55.0 Å². The van der Waals surface area contributed by atoms with E-state index in [9.17, 15) is 0 Å². The van der Waals surface area contributed by atoms with E-state index in [1.165, 1.54) is 21.6 Å². The molecule has 0 amide bonds. The van der Waals surface area contributed by atoms with Crippen molar-refractivity contribution in [3.63, 3.8) is 0 Å². The van der Waals surface area contributed by atoms with Gasteiger partial charge in [0.25, 0.3) is 0 Å². The van der Waals surface area contributed by atoms with Gasteiger partial charge in [-0.05, 0) is 37.6 Å². The molecule has 0 fully saturated rings. The molecule has 0 aliphatic carbocycles. The summed E-state index contributed by atoms with van der Waals surface area (Å²) >= 11 is 1.94. The molecule has 2 aromatic carbocycles. The molecule has 0 aliphatic rings. The first kappa shape index (κ1) is 15.1. The highest BCUT2D eigenvalue weighted by Crippen LogP contribution is 2.27. The number of hydrogen-bond donors (Lipinski definition) is 1. The van der Waals surface area contributed by atoms with Crippen LogP contribution < -0.4 is 5.32 Å². The summed E-state index contributed by atoms with van der Waals surface area (Å²) in [5, 5.41) is 3.58. The quantitative estimate of drug-likeness (QED) is 0.769. The lowest BCUT2D eigenvalue weighted by atomic mass is 10.1. The zero-order chi connectivity index (χ0) is 14.4. The number of nitrogens with one attached hydrogen (secondary N) is 1. The lowest BCUT2D eigenvalue weighted by Crippen LogP contribution is -2.22. The normalized spacial score (nSPS) is 12.3. The third-order valence-electron chi connectivity index (χ3n) is 3.39. The SMILES string of the molecule is CCNC(CSc1ccc(C)cc1C)c1ccccc1. The van der Waals surface area contributed by atoms with Gasteiger partial charge in [0.1, 0.15) is 0 Å². The summed E-state index contributed by atoms with van der Waals surface area (Å²) in [5.74, 6) is 1.06. The highest BCUT2D eigenvalue weighted by Gasteiger charge is 2.11. The van der Waals surface area contributed by atoms with Gasteiger partial charge in [0.2, 0.25) is 0 Å². The van der Waals surface area contributed by atoms with Crippen molar-refractivity contribution < 1.29 is 0 Å². The fraction of sp³-hybridized carbons (Fsp3) is 0.333. The molecule has 2 heteroatoms. The van der Waals surface area contributed by atoms with E-state index >= 15 is 0 Å².